The van der Waals surface area contributed by atoms with Gasteiger partial charge in [-0.05, 0) is 111 Å². The summed E-state index contributed by atoms with van der Waals surface area (Å²) in [6.07, 6.45) is 20.3. The highest BCUT2D eigenvalue weighted by Crippen LogP contribution is 2.67. The van der Waals surface area contributed by atoms with E-state index >= 15 is 0 Å². The Labute approximate surface area is 311 Å². The molecule has 3 fully saturated rings. The lowest BCUT2D eigenvalue weighted by Gasteiger charge is -2.58. The van der Waals surface area contributed by atoms with E-state index in [1.807, 2.05) is 0 Å². The van der Waals surface area contributed by atoms with Gasteiger partial charge >= 0.3 is 11.9 Å². The summed E-state index contributed by atoms with van der Waals surface area (Å²) in [7, 11) is 1.50. The van der Waals surface area contributed by atoms with Crippen LogP contribution < -0.4 is 10.6 Å². The first-order valence-electron chi connectivity index (χ1n) is 21.3. The molecule has 290 valence electrons. The molecule has 3 saturated carbocycles. The summed E-state index contributed by atoms with van der Waals surface area (Å²) in [5, 5.41) is 5.20. The van der Waals surface area contributed by atoms with Crippen LogP contribution in [0.4, 0.5) is 0 Å². The van der Waals surface area contributed by atoms with Crippen molar-refractivity contribution in [2.75, 3.05) is 13.7 Å². The van der Waals surface area contributed by atoms with Crippen molar-refractivity contribution >= 4 is 23.8 Å². The second-order valence-corrected chi connectivity index (χ2v) is 17.7. The van der Waals surface area contributed by atoms with Gasteiger partial charge in [0.25, 0.3) is 0 Å². The average Bonchev–Trinajstić information content (AvgIpc) is 3.47. The Bertz CT molecular complexity index is 1240. The molecule has 8 nitrogen and oxygen atoms in total. The van der Waals surface area contributed by atoms with Crippen LogP contribution in [0.3, 0.4) is 0 Å². The van der Waals surface area contributed by atoms with Crippen molar-refractivity contribution in [2.24, 2.45) is 46.3 Å². The van der Waals surface area contributed by atoms with Gasteiger partial charge in [-0.3, -0.25) is 19.2 Å². The summed E-state index contributed by atoms with van der Waals surface area (Å²) in [5.74, 6) is 3.90. The summed E-state index contributed by atoms with van der Waals surface area (Å²) < 4.78 is 18.8. The van der Waals surface area contributed by atoms with E-state index in [9.17, 15) is 19.2 Å². The highest BCUT2D eigenvalue weighted by atomic mass is 16.5. The third kappa shape index (κ3) is 11.1. The van der Waals surface area contributed by atoms with Crippen LogP contribution in [0.15, 0.2) is 11.6 Å². The highest BCUT2D eigenvalue weighted by Gasteiger charge is 2.59. The lowest BCUT2D eigenvalue weighted by atomic mass is 9.47. The predicted molar refractivity (Wildman–Crippen MR) is 202 cm³/mol. The van der Waals surface area contributed by atoms with Gasteiger partial charge in [0.1, 0.15) is 12.7 Å². The molecule has 0 aliphatic heterocycles. The number of hydrogen-bond donors (Lipinski definition) is 2. The van der Waals surface area contributed by atoms with Crippen LogP contribution in [-0.4, -0.2) is 49.6 Å². The molecular weight excluding hydrogens is 640 g/mol. The first-order valence-corrected chi connectivity index (χ1v) is 20.6. The number of unbranched alkanes of at least 4 members (excludes halogenated alkanes) is 3. The number of fused-ring (bicyclic) bond motifs is 5. The molecule has 4 aliphatic carbocycles. The Morgan fingerprint density at radius 3 is 2.35 bits per heavy atom. The molecule has 4 unspecified atom stereocenters. The van der Waals surface area contributed by atoms with Crippen LogP contribution in [0.5, 0.6) is 0 Å². The summed E-state index contributed by atoms with van der Waals surface area (Å²) in [6, 6.07) is -0.578. The molecule has 2 N–H and O–H groups in total. The van der Waals surface area contributed by atoms with Gasteiger partial charge < -0.3 is 20.1 Å². The van der Waals surface area contributed by atoms with Crippen molar-refractivity contribution < 1.29 is 30.0 Å². The summed E-state index contributed by atoms with van der Waals surface area (Å²) in [4.78, 5) is 48.3. The molecule has 0 radical (unpaired) electrons. The molecule has 9 atom stereocenters. The van der Waals surface area contributed by atoms with E-state index in [-0.39, 0.29) is 55.7 Å². The molecule has 0 aromatic heterocycles. The molecule has 4 aliphatic rings. The van der Waals surface area contributed by atoms with E-state index in [2.05, 4.69) is 51.3 Å². The zero-order valence-electron chi connectivity index (χ0n) is 34.0. The van der Waals surface area contributed by atoms with Gasteiger partial charge in [-0.2, -0.15) is 0 Å². The van der Waals surface area contributed by atoms with Crippen molar-refractivity contribution in [3.05, 3.63) is 11.6 Å². The molecule has 8 heteroatoms. The van der Waals surface area contributed by atoms with Crippen molar-refractivity contribution in [3.63, 3.8) is 0 Å². The molecule has 0 saturated heterocycles. The van der Waals surface area contributed by atoms with Gasteiger partial charge in [0.2, 0.25) is 11.8 Å². The molecule has 0 spiro atoms. The smallest absolute Gasteiger partial charge is 0.306 e. The number of nitrogens with one attached hydrogen (secondary N) is 2. The monoisotopic (exact) mass is 714 g/mol. The van der Waals surface area contributed by atoms with Crippen LogP contribution in [0.25, 0.3) is 0 Å². The summed E-state index contributed by atoms with van der Waals surface area (Å²) >= 11 is 0. The number of carbonyl (C=O) groups excluding carboxylic acids is 4. The number of carbonyl (C=O) groups is 4. The maximum absolute atomic E-state index is 12.8. The Morgan fingerprint density at radius 1 is 0.863 bits per heavy atom. The predicted octanol–water partition coefficient (Wildman–Crippen LogP) is 8.85. The van der Waals surface area contributed by atoms with E-state index in [1.54, 1.807) is 5.57 Å². The first-order chi connectivity index (χ1) is 24.8. The molecule has 0 aromatic carbocycles. The topological polar surface area (TPSA) is 111 Å². The van der Waals surface area contributed by atoms with Crippen LogP contribution in [0, 0.1) is 46.3 Å². The van der Waals surface area contributed by atoms with Crippen LogP contribution >= 0.6 is 0 Å². The first kappa shape index (κ1) is 39.8. The van der Waals surface area contributed by atoms with Crippen molar-refractivity contribution in [1.82, 2.24) is 10.6 Å². The quantitative estimate of drug-likeness (QED) is 0.0786. The van der Waals surface area contributed by atoms with Crippen molar-refractivity contribution in [2.45, 2.75) is 176 Å². The van der Waals surface area contributed by atoms with Crippen LogP contribution in [-0.2, 0) is 28.7 Å². The molecule has 2 amide bonds. The van der Waals surface area contributed by atoms with Gasteiger partial charge in [-0.1, -0.05) is 78.4 Å². The fourth-order valence-corrected chi connectivity index (χ4v) is 10.9. The third-order valence-corrected chi connectivity index (χ3v) is 13.7. The highest BCUT2D eigenvalue weighted by molar-refractivity contribution is 5.81. The van der Waals surface area contributed by atoms with Crippen molar-refractivity contribution in [1.29, 1.82) is 0 Å². The number of ether oxygens (including phenoxy) is 2. The Hall–Kier alpha value is -2.38. The minimum Gasteiger partial charge on any atom is -0.463 e. The molecule has 0 heterocycles. The second-order valence-electron chi connectivity index (χ2n) is 17.7. The maximum Gasteiger partial charge on any atom is 0.306 e. The second kappa shape index (κ2) is 19.1. The summed E-state index contributed by atoms with van der Waals surface area (Å²) in [5.41, 5.74) is 2.31. The fraction of sp³-hybridized carbons (Fsp3) is 0.860. The maximum atomic E-state index is 12.8. The van der Waals surface area contributed by atoms with Gasteiger partial charge in [-0.25, -0.2) is 0 Å². The van der Waals surface area contributed by atoms with Gasteiger partial charge in [0, 0.05) is 34.1 Å². The van der Waals surface area contributed by atoms with E-state index < -0.39 is 12.0 Å². The fourth-order valence-electron chi connectivity index (χ4n) is 10.9. The molecule has 0 bridgehead atoms. The normalized spacial score (nSPS) is 31.2. The van der Waals surface area contributed by atoms with E-state index in [4.69, 9.17) is 10.8 Å². The van der Waals surface area contributed by atoms with Gasteiger partial charge in [0.15, 0.2) is 0 Å². The Kier molecular flexibility index (Phi) is 14.9. The number of hydrogen-bond acceptors (Lipinski definition) is 6. The van der Waals surface area contributed by atoms with E-state index in [1.165, 1.54) is 58.4 Å². The lowest BCUT2D eigenvalue weighted by molar-refractivity contribution is -0.151. The zero-order valence-corrected chi connectivity index (χ0v) is 33.0. The Balaban J connectivity index is 1.12. The zero-order chi connectivity index (χ0) is 37.9. The van der Waals surface area contributed by atoms with Gasteiger partial charge in [0.05, 0.1) is 12.5 Å². The largest absolute Gasteiger partial charge is 0.463 e. The molecule has 51 heavy (non-hydrogen) atoms. The summed E-state index contributed by atoms with van der Waals surface area (Å²) in [6.45, 7) is 12.3. The Morgan fingerprint density at radius 2 is 1.63 bits per heavy atom. The number of amides is 2. The van der Waals surface area contributed by atoms with E-state index in [0.29, 0.717) is 24.7 Å². The van der Waals surface area contributed by atoms with Gasteiger partial charge in [-0.15, -0.1) is 0 Å². The third-order valence-electron chi connectivity index (χ3n) is 13.7. The molecule has 4 rings (SSSR count). The SMILES string of the molecule is [2H]CC(COC(=O)CCC(=O)NC)NC(=O)CCCCCCC(=O)O[C@H]1CC[C@@]2(C)C(=CCC3C2CC[C@@]2(C)C3CC[C@@H]2[C@H](C)CCCC(C)C)C1. The number of allylic oxidation sites excluding steroid dienone is 1. The lowest BCUT2D eigenvalue weighted by Crippen LogP contribution is -2.51. The minimum absolute atomic E-state index is 0.0106. The number of esters is 2. The standard InChI is InChI=1S/C43H72N2O6/c1-29(2)13-12-14-30(3)35-19-20-36-34-18-17-32-27-33(23-25-42(32,5)37(34)24-26-43(35,36)6)51-41(49)16-11-9-8-10-15-39(47)45-31(4)28-50-40(48)22-21-38(46)44-7/h17,29-31,33-37H,8-16,18-28H2,1-7H3,(H,44,46)(H,45,47)/t30-,31?,33+,34?,35-,36?,37?,42+,43-/m1/s1/i4D. The average molecular weight is 714 g/mol. The minimum atomic E-state index is -0.578. The molecule has 0 aromatic rings. The van der Waals surface area contributed by atoms with Crippen LogP contribution in [0.1, 0.15) is 165 Å². The van der Waals surface area contributed by atoms with Crippen LogP contribution in [0.2, 0.25) is 0 Å². The van der Waals surface area contributed by atoms with Crippen molar-refractivity contribution in [3.8, 4) is 0 Å². The van der Waals surface area contributed by atoms with E-state index in [0.717, 1.165) is 74.0 Å². The number of rotatable bonds is 19. The molecular formula is C43H72N2O6.